The number of rotatable bonds is 6. The first kappa shape index (κ1) is 21.4. The Balaban J connectivity index is 1.30. The molecule has 0 radical (unpaired) electrons. The number of fused-ring (bicyclic) bond motifs is 2. The molecule has 0 aliphatic heterocycles. The molecule has 0 saturated carbocycles. The van der Waals surface area contributed by atoms with Gasteiger partial charge in [-0.2, -0.15) is 4.98 Å². The fourth-order valence-electron chi connectivity index (χ4n) is 4.43. The van der Waals surface area contributed by atoms with E-state index in [2.05, 4.69) is 77.9 Å². The fraction of sp³-hybridized carbons (Fsp3) is 0.346. The first-order valence-corrected chi connectivity index (χ1v) is 11.5. The van der Waals surface area contributed by atoms with Gasteiger partial charge in [-0.05, 0) is 34.9 Å². The highest BCUT2D eigenvalue weighted by atomic mass is 16.1. The summed E-state index contributed by atoms with van der Waals surface area (Å²) < 4.78 is 1.61. The molecule has 33 heavy (non-hydrogen) atoms. The Bertz CT molecular complexity index is 1300. The molecule has 7 heteroatoms. The topological polar surface area (TPSA) is 87.1 Å². The average Bonchev–Trinajstić information content (AvgIpc) is 3.38. The molecule has 0 bridgehead atoms. The Morgan fingerprint density at radius 3 is 2.36 bits per heavy atom. The summed E-state index contributed by atoms with van der Waals surface area (Å²) in [6.45, 7) is 8.05. The third-order valence-electron chi connectivity index (χ3n) is 6.26. The standard InChI is InChI=1S/C26H30N6O/c1-26(2,3)20-10-8-17(9-11-20)24-29-22-16-23(33)31-32(22)25(30-24)28-13-12-27-21-14-18-6-4-5-7-19(18)15-21/h4-11,16,21,27H,12-15H2,1-3H3,(H,31,33)(H,28,29,30). The van der Waals surface area contributed by atoms with Crippen LogP contribution in [0, 0.1) is 0 Å². The molecule has 2 heterocycles. The average molecular weight is 443 g/mol. The molecule has 1 aliphatic carbocycles. The normalized spacial score (nSPS) is 14.0. The predicted octanol–water partition coefficient (Wildman–Crippen LogP) is 3.55. The summed E-state index contributed by atoms with van der Waals surface area (Å²) in [6.07, 6.45) is 2.13. The summed E-state index contributed by atoms with van der Waals surface area (Å²) in [5.41, 5.74) is 5.48. The number of benzene rings is 2. The summed E-state index contributed by atoms with van der Waals surface area (Å²) in [7, 11) is 0. The van der Waals surface area contributed by atoms with Gasteiger partial charge >= 0.3 is 0 Å². The number of aromatic nitrogens is 4. The first-order valence-electron chi connectivity index (χ1n) is 11.5. The van der Waals surface area contributed by atoms with Crippen molar-refractivity contribution in [3.63, 3.8) is 0 Å². The van der Waals surface area contributed by atoms with Crippen LogP contribution in [0.15, 0.2) is 59.4 Å². The maximum absolute atomic E-state index is 12.0. The maximum atomic E-state index is 12.0. The van der Waals surface area contributed by atoms with Crippen LogP contribution in [0.3, 0.4) is 0 Å². The van der Waals surface area contributed by atoms with Crippen LogP contribution >= 0.6 is 0 Å². The second-order valence-electron chi connectivity index (χ2n) is 9.77. The van der Waals surface area contributed by atoms with Gasteiger partial charge in [-0.1, -0.05) is 69.3 Å². The van der Waals surface area contributed by atoms with E-state index in [0.717, 1.165) is 24.9 Å². The molecule has 5 rings (SSSR count). The molecule has 0 fully saturated rings. The molecule has 170 valence electrons. The number of aromatic amines is 1. The van der Waals surface area contributed by atoms with E-state index in [-0.39, 0.29) is 11.0 Å². The van der Waals surface area contributed by atoms with Crippen LogP contribution < -0.4 is 16.2 Å². The van der Waals surface area contributed by atoms with E-state index in [1.165, 1.54) is 22.8 Å². The molecule has 0 saturated heterocycles. The van der Waals surface area contributed by atoms with Crippen LogP contribution in [0.25, 0.3) is 17.0 Å². The number of hydrogen-bond donors (Lipinski definition) is 3. The van der Waals surface area contributed by atoms with Crippen LogP contribution in [0.5, 0.6) is 0 Å². The van der Waals surface area contributed by atoms with E-state index in [0.29, 0.717) is 30.0 Å². The Labute approximate surface area is 193 Å². The largest absolute Gasteiger partial charge is 0.353 e. The number of nitrogens with one attached hydrogen (secondary N) is 3. The summed E-state index contributed by atoms with van der Waals surface area (Å²) in [6, 6.07) is 18.9. The molecule has 0 unspecified atom stereocenters. The molecule has 2 aromatic heterocycles. The molecule has 0 spiro atoms. The minimum Gasteiger partial charge on any atom is -0.353 e. The van der Waals surface area contributed by atoms with Crippen molar-refractivity contribution in [2.75, 3.05) is 18.4 Å². The number of H-pyrrole nitrogens is 1. The van der Waals surface area contributed by atoms with E-state index in [1.54, 1.807) is 4.52 Å². The lowest BCUT2D eigenvalue weighted by molar-refractivity contribution is 0.544. The minimum absolute atomic E-state index is 0.0810. The monoisotopic (exact) mass is 442 g/mol. The second kappa shape index (κ2) is 8.48. The zero-order chi connectivity index (χ0) is 23.0. The highest BCUT2D eigenvalue weighted by Gasteiger charge is 2.20. The van der Waals surface area contributed by atoms with Gasteiger partial charge in [0, 0.05) is 30.8 Å². The van der Waals surface area contributed by atoms with Gasteiger partial charge < -0.3 is 10.6 Å². The van der Waals surface area contributed by atoms with Crippen molar-refractivity contribution in [2.45, 2.75) is 45.1 Å². The van der Waals surface area contributed by atoms with Gasteiger partial charge in [0.2, 0.25) is 5.95 Å². The second-order valence-corrected chi connectivity index (χ2v) is 9.77. The Hall–Kier alpha value is -3.45. The lowest BCUT2D eigenvalue weighted by atomic mass is 9.87. The van der Waals surface area contributed by atoms with Crippen LogP contribution in [0.4, 0.5) is 5.95 Å². The lowest BCUT2D eigenvalue weighted by Crippen LogP contribution is -2.33. The SMILES string of the molecule is CC(C)(C)c1ccc(-c2nc(NCCNC3Cc4ccccc4C3)n3[nH]c(=O)cc3n2)cc1. The van der Waals surface area contributed by atoms with Crippen LogP contribution in [-0.2, 0) is 18.3 Å². The van der Waals surface area contributed by atoms with Crippen molar-refractivity contribution in [1.82, 2.24) is 24.9 Å². The summed E-state index contributed by atoms with van der Waals surface area (Å²) in [5, 5.41) is 9.78. The quantitative estimate of drug-likeness (QED) is 0.398. The van der Waals surface area contributed by atoms with E-state index in [9.17, 15) is 4.79 Å². The third kappa shape index (κ3) is 4.54. The summed E-state index contributed by atoms with van der Waals surface area (Å²) in [5.74, 6) is 1.17. The number of anilines is 1. The highest BCUT2D eigenvalue weighted by Crippen LogP contribution is 2.25. The van der Waals surface area contributed by atoms with E-state index in [1.807, 2.05) is 12.1 Å². The highest BCUT2D eigenvalue weighted by molar-refractivity contribution is 5.60. The smallest absolute Gasteiger partial charge is 0.266 e. The summed E-state index contributed by atoms with van der Waals surface area (Å²) in [4.78, 5) is 21.3. The van der Waals surface area contributed by atoms with Crippen molar-refractivity contribution in [3.05, 3.63) is 81.6 Å². The Kier molecular flexibility index (Phi) is 5.50. The van der Waals surface area contributed by atoms with Gasteiger partial charge in [-0.15, -0.1) is 0 Å². The molecular weight excluding hydrogens is 412 g/mol. The van der Waals surface area contributed by atoms with Crippen LogP contribution in [0.2, 0.25) is 0 Å². The van der Waals surface area contributed by atoms with E-state index < -0.39 is 0 Å². The van der Waals surface area contributed by atoms with Crippen LogP contribution in [-0.4, -0.2) is 38.7 Å². The number of nitrogens with zero attached hydrogens (tertiary/aromatic N) is 3. The molecule has 1 aliphatic rings. The number of hydrogen-bond acceptors (Lipinski definition) is 5. The van der Waals surface area contributed by atoms with Crippen molar-refractivity contribution in [1.29, 1.82) is 0 Å². The summed E-state index contributed by atoms with van der Waals surface area (Å²) >= 11 is 0. The van der Waals surface area contributed by atoms with Crippen LogP contribution in [0.1, 0.15) is 37.5 Å². The first-order chi connectivity index (χ1) is 15.9. The molecule has 2 aromatic carbocycles. The zero-order valence-corrected chi connectivity index (χ0v) is 19.4. The van der Waals surface area contributed by atoms with E-state index in [4.69, 9.17) is 4.98 Å². The third-order valence-corrected chi connectivity index (χ3v) is 6.26. The molecule has 3 N–H and O–H groups in total. The molecular formula is C26H30N6O. The minimum atomic E-state index is -0.200. The van der Waals surface area contributed by atoms with Crippen molar-refractivity contribution >= 4 is 11.6 Å². The molecule has 0 atom stereocenters. The van der Waals surface area contributed by atoms with Crippen molar-refractivity contribution in [2.24, 2.45) is 0 Å². The molecule has 0 amide bonds. The lowest BCUT2D eigenvalue weighted by Gasteiger charge is -2.19. The van der Waals surface area contributed by atoms with Gasteiger partial charge in [0.1, 0.15) is 0 Å². The van der Waals surface area contributed by atoms with Gasteiger partial charge in [0.15, 0.2) is 11.5 Å². The Morgan fingerprint density at radius 1 is 1.00 bits per heavy atom. The van der Waals surface area contributed by atoms with E-state index >= 15 is 0 Å². The Morgan fingerprint density at radius 2 is 1.70 bits per heavy atom. The predicted molar refractivity (Wildman–Crippen MR) is 132 cm³/mol. The van der Waals surface area contributed by atoms with Gasteiger partial charge in [-0.25, -0.2) is 9.50 Å². The maximum Gasteiger partial charge on any atom is 0.266 e. The van der Waals surface area contributed by atoms with Crippen molar-refractivity contribution < 1.29 is 0 Å². The van der Waals surface area contributed by atoms with Gasteiger partial charge in [0.25, 0.3) is 5.56 Å². The fourth-order valence-corrected chi connectivity index (χ4v) is 4.43. The molecule has 4 aromatic rings. The zero-order valence-electron chi connectivity index (χ0n) is 19.4. The van der Waals surface area contributed by atoms with Gasteiger partial charge in [-0.3, -0.25) is 9.89 Å². The van der Waals surface area contributed by atoms with Crippen molar-refractivity contribution in [3.8, 4) is 11.4 Å². The van der Waals surface area contributed by atoms with Gasteiger partial charge in [0.05, 0.1) is 0 Å². The molecule has 7 nitrogen and oxygen atoms in total.